The van der Waals surface area contributed by atoms with Crippen LogP contribution in [-0.2, 0) is 4.79 Å². The number of hydrogen-bond acceptors (Lipinski definition) is 6. The Morgan fingerprint density at radius 1 is 1.23 bits per heavy atom. The summed E-state index contributed by atoms with van der Waals surface area (Å²) in [6.45, 7) is 0. The monoisotopic (exact) mass is 386 g/mol. The van der Waals surface area contributed by atoms with E-state index in [0.29, 0.717) is 20.5 Å². The van der Waals surface area contributed by atoms with E-state index >= 15 is 0 Å². The fourth-order valence-electron chi connectivity index (χ4n) is 2.32. The molecule has 7 nitrogen and oxygen atoms in total. The number of nitro benzene ring substituents is 1. The molecule has 1 amide bonds. The van der Waals surface area contributed by atoms with E-state index in [0.717, 1.165) is 11.8 Å². The van der Waals surface area contributed by atoms with Gasteiger partial charge in [-0.2, -0.15) is 0 Å². The molecule has 3 rings (SSSR count). The second kappa shape index (κ2) is 7.06. The summed E-state index contributed by atoms with van der Waals surface area (Å²) in [5.74, 6) is -1.43. The second-order valence-corrected chi connectivity index (χ2v) is 6.90. The molecule has 0 bridgehead atoms. The number of hydrogen-bond donors (Lipinski definition) is 1. The van der Waals surface area contributed by atoms with Crippen molar-refractivity contribution in [2.45, 2.75) is 0 Å². The van der Waals surface area contributed by atoms with E-state index in [-0.39, 0.29) is 17.2 Å². The predicted molar refractivity (Wildman–Crippen MR) is 102 cm³/mol. The molecule has 0 aromatic heterocycles. The summed E-state index contributed by atoms with van der Waals surface area (Å²) >= 11 is 6.33. The summed E-state index contributed by atoms with van der Waals surface area (Å²) in [5.41, 5.74) is 1.01. The van der Waals surface area contributed by atoms with Crippen LogP contribution in [0.2, 0.25) is 0 Å². The Bertz CT molecular complexity index is 969. The van der Waals surface area contributed by atoms with Gasteiger partial charge in [0.25, 0.3) is 11.6 Å². The zero-order valence-electron chi connectivity index (χ0n) is 13.0. The van der Waals surface area contributed by atoms with Crippen LogP contribution in [-0.4, -0.2) is 26.2 Å². The van der Waals surface area contributed by atoms with Crippen molar-refractivity contribution < 1.29 is 19.6 Å². The molecule has 2 aromatic rings. The Balaban J connectivity index is 1.90. The molecule has 1 saturated heterocycles. The third-order valence-electron chi connectivity index (χ3n) is 3.54. The summed E-state index contributed by atoms with van der Waals surface area (Å²) in [6.07, 6.45) is 1.54. The minimum absolute atomic E-state index is 0.0708. The van der Waals surface area contributed by atoms with Gasteiger partial charge < -0.3 is 5.11 Å². The molecule has 1 aliphatic rings. The topological polar surface area (TPSA) is 101 Å². The zero-order valence-corrected chi connectivity index (χ0v) is 14.6. The Hall–Kier alpha value is -3.04. The van der Waals surface area contributed by atoms with Gasteiger partial charge >= 0.3 is 5.97 Å². The molecule has 1 N–H and O–H groups in total. The van der Waals surface area contributed by atoms with Crippen molar-refractivity contribution in [1.29, 1.82) is 0 Å². The number of nitro groups is 1. The van der Waals surface area contributed by atoms with Gasteiger partial charge in [-0.1, -0.05) is 36.1 Å². The SMILES string of the molecule is O=C(O)c1ccc(N2C(=O)/C(=C/c3cccc([N+](=O)[O-])c3)SC2=S)cc1. The largest absolute Gasteiger partial charge is 0.478 e. The quantitative estimate of drug-likeness (QED) is 0.370. The van der Waals surface area contributed by atoms with Crippen LogP contribution in [0.1, 0.15) is 15.9 Å². The number of carbonyl (C=O) groups excluding carboxylic acids is 1. The lowest BCUT2D eigenvalue weighted by atomic mass is 10.1. The highest BCUT2D eigenvalue weighted by atomic mass is 32.2. The number of aromatic carboxylic acids is 1. The Morgan fingerprint density at radius 3 is 2.54 bits per heavy atom. The first-order valence-corrected chi connectivity index (χ1v) is 8.45. The van der Waals surface area contributed by atoms with Gasteiger partial charge in [-0.15, -0.1) is 0 Å². The molecule has 26 heavy (non-hydrogen) atoms. The second-order valence-electron chi connectivity index (χ2n) is 5.22. The first-order valence-electron chi connectivity index (χ1n) is 7.22. The van der Waals surface area contributed by atoms with Crippen molar-refractivity contribution >= 4 is 57.6 Å². The number of thioether (sulfide) groups is 1. The lowest BCUT2D eigenvalue weighted by Crippen LogP contribution is -2.27. The highest BCUT2D eigenvalue weighted by Gasteiger charge is 2.33. The maximum atomic E-state index is 12.7. The molecular formula is C17H10N2O5S2. The Labute approximate surface area is 157 Å². The Morgan fingerprint density at radius 2 is 1.92 bits per heavy atom. The molecule has 1 heterocycles. The van der Waals surface area contributed by atoms with E-state index in [1.165, 1.54) is 53.4 Å². The van der Waals surface area contributed by atoms with Gasteiger partial charge in [-0.05, 0) is 35.9 Å². The zero-order chi connectivity index (χ0) is 18.8. The number of nitrogens with zero attached hydrogens (tertiary/aromatic N) is 2. The smallest absolute Gasteiger partial charge is 0.335 e. The average Bonchev–Trinajstić information content (AvgIpc) is 2.89. The third kappa shape index (κ3) is 3.48. The number of benzene rings is 2. The number of carboxylic acid groups (broad SMARTS) is 1. The van der Waals surface area contributed by atoms with Gasteiger partial charge in [0.1, 0.15) is 0 Å². The van der Waals surface area contributed by atoms with Gasteiger partial charge in [-0.3, -0.25) is 19.8 Å². The highest BCUT2D eigenvalue weighted by molar-refractivity contribution is 8.27. The third-order valence-corrected chi connectivity index (χ3v) is 4.85. The number of carboxylic acids is 1. The molecule has 0 radical (unpaired) electrons. The van der Waals surface area contributed by atoms with Crippen molar-refractivity contribution in [2.75, 3.05) is 4.90 Å². The van der Waals surface area contributed by atoms with E-state index in [9.17, 15) is 19.7 Å². The average molecular weight is 386 g/mol. The summed E-state index contributed by atoms with van der Waals surface area (Å²) in [7, 11) is 0. The molecule has 0 aliphatic carbocycles. The summed E-state index contributed by atoms with van der Waals surface area (Å²) in [4.78, 5) is 35.6. The van der Waals surface area contributed by atoms with E-state index < -0.39 is 10.9 Å². The summed E-state index contributed by atoms with van der Waals surface area (Å²) in [5, 5.41) is 19.8. The minimum atomic E-state index is -1.06. The van der Waals surface area contributed by atoms with Crippen LogP contribution in [0.15, 0.2) is 53.4 Å². The first kappa shape index (κ1) is 17.8. The maximum absolute atomic E-state index is 12.7. The molecule has 9 heteroatoms. The van der Waals surface area contributed by atoms with Gasteiger partial charge in [0.2, 0.25) is 0 Å². The van der Waals surface area contributed by atoms with Crippen LogP contribution in [0.5, 0.6) is 0 Å². The molecule has 1 fully saturated rings. The van der Waals surface area contributed by atoms with Crippen molar-refractivity contribution in [3.8, 4) is 0 Å². The number of amides is 1. The maximum Gasteiger partial charge on any atom is 0.335 e. The van der Waals surface area contributed by atoms with Crippen molar-refractivity contribution in [3.05, 3.63) is 74.7 Å². The lowest BCUT2D eigenvalue weighted by Gasteiger charge is -2.14. The summed E-state index contributed by atoms with van der Waals surface area (Å²) in [6, 6.07) is 11.7. The van der Waals surface area contributed by atoms with Crippen molar-refractivity contribution in [1.82, 2.24) is 0 Å². The van der Waals surface area contributed by atoms with Gasteiger partial charge in [0.05, 0.1) is 21.1 Å². The van der Waals surface area contributed by atoms with Gasteiger partial charge in [-0.25, -0.2) is 4.79 Å². The number of non-ortho nitro benzene ring substituents is 1. The fraction of sp³-hybridized carbons (Fsp3) is 0. The Kier molecular flexibility index (Phi) is 4.83. The van der Waals surface area contributed by atoms with E-state index in [1.807, 2.05) is 0 Å². The van der Waals surface area contributed by atoms with E-state index in [1.54, 1.807) is 6.07 Å². The first-order chi connectivity index (χ1) is 12.4. The molecule has 130 valence electrons. The molecular weight excluding hydrogens is 376 g/mol. The van der Waals surface area contributed by atoms with Crippen LogP contribution in [0.25, 0.3) is 6.08 Å². The van der Waals surface area contributed by atoms with E-state index in [4.69, 9.17) is 17.3 Å². The van der Waals surface area contributed by atoms with Crippen LogP contribution in [0.3, 0.4) is 0 Å². The van der Waals surface area contributed by atoms with Crippen molar-refractivity contribution in [2.24, 2.45) is 0 Å². The number of anilines is 1. The predicted octanol–water partition coefficient (Wildman–Crippen LogP) is 3.70. The molecule has 0 spiro atoms. The molecule has 1 aliphatic heterocycles. The lowest BCUT2D eigenvalue weighted by molar-refractivity contribution is -0.384. The van der Waals surface area contributed by atoms with Gasteiger partial charge in [0.15, 0.2) is 4.32 Å². The minimum Gasteiger partial charge on any atom is -0.478 e. The molecule has 0 atom stereocenters. The van der Waals surface area contributed by atoms with E-state index in [2.05, 4.69) is 0 Å². The van der Waals surface area contributed by atoms with Crippen LogP contribution in [0, 0.1) is 10.1 Å². The van der Waals surface area contributed by atoms with Crippen LogP contribution >= 0.6 is 24.0 Å². The number of rotatable bonds is 4. The standard InChI is InChI=1S/C17H10N2O5S2/c20-15-14(9-10-2-1-3-13(8-10)19(23)24)26-17(25)18(15)12-6-4-11(5-7-12)16(21)22/h1-9H,(H,21,22)/b14-9-. The molecule has 2 aromatic carbocycles. The number of carbonyl (C=O) groups is 2. The normalized spacial score (nSPS) is 15.5. The van der Waals surface area contributed by atoms with Crippen LogP contribution in [0.4, 0.5) is 11.4 Å². The summed E-state index contributed by atoms with van der Waals surface area (Å²) < 4.78 is 0.301. The van der Waals surface area contributed by atoms with Gasteiger partial charge in [0, 0.05) is 12.1 Å². The number of thiocarbonyl (C=S) groups is 1. The van der Waals surface area contributed by atoms with Crippen molar-refractivity contribution in [3.63, 3.8) is 0 Å². The van der Waals surface area contributed by atoms with Crippen LogP contribution < -0.4 is 4.90 Å². The molecule has 0 unspecified atom stereocenters. The highest BCUT2D eigenvalue weighted by Crippen LogP contribution is 2.36. The fourth-order valence-corrected chi connectivity index (χ4v) is 3.62. The molecule has 0 saturated carbocycles.